The predicted octanol–water partition coefficient (Wildman–Crippen LogP) is 5.40. The van der Waals surface area contributed by atoms with Crippen LogP contribution in [-0.4, -0.2) is 27.1 Å². The topological polar surface area (TPSA) is 44.8 Å². The second kappa shape index (κ2) is 7.73. The summed E-state index contributed by atoms with van der Waals surface area (Å²) in [5.74, 6) is 1.84. The first-order valence-corrected chi connectivity index (χ1v) is 9.23. The molecule has 0 radical (unpaired) electrons. The molecule has 0 N–H and O–H groups in total. The van der Waals surface area contributed by atoms with Crippen LogP contribution in [0.1, 0.15) is 69.3 Å². The van der Waals surface area contributed by atoms with Crippen LogP contribution >= 0.6 is 0 Å². The number of benzene rings is 1. The van der Waals surface area contributed by atoms with Gasteiger partial charge in [-0.1, -0.05) is 39.3 Å². The first kappa shape index (κ1) is 20.3. The quantitative estimate of drug-likeness (QED) is 0.503. The van der Waals surface area contributed by atoms with Crippen molar-refractivity contribution in [2.24, 2.45) is 11.3 Å². The van der Waals surface area contributed by atoms with Gasteiger partial charge in [-0.2, -0.15) is 0 Å². The molecule has 1 aliphatic carbocycles. The van der Waals surface area contributed by atoms with E-state index < -0.39 is 0 Å². The molecule has 2 rings (SSSR count). The second-order valence-corrected chi connectivity index (χ2v) is 8.03. The zero-order valence-electron chi connectivity index (χ0n) is 17.4. The lowest BCUT2D eigenvalue weighted by atomic mass is 9.66. The zero-order chi connectivity index (χ0) is 19.6. The maximum Gasteiger partial charge on any atom is 0.174 e. The third-order valence-corrected chi connectivity index (χ3v) is 5.46. The Hall–Kier alpha value is -1.97. The van der Waals surface area contributed by atoms with Crippen LogP contribution in [0.25, 0.3) is 0 Å². The highest BCUT2D eigenvalue weighted by atomic mass is 16.5. The second-order valence-electron chi connectivity index (χ2n) is 8.03. The predicted molar refractivity (Wildman–Crippen MR) is 105 cm³/mol. The molecule has 0 saturated heterocycles. The maximum atomic E-state index is 13.6. The van der Waals surface area contributed by atoms with Gasteiger partial charge < -0.3 is 14.2 Å². The van der Waals surface area contributed by atoms with E-state index in [1.165, 1.54) is 0 Å². The third kappa shape index (κ3) is 3.46. The van der Waals surface area contributed by atoms with Gasteiger partial charge >= 0.3 is 0 Å². The van der Waals surface area contributed by atoms with Gasteiger partial charge in [0.25, 0.3) is 0 Å². The summed E-state index contributed by atoms with van der Waals surface area (Å²) in [6, 6.07) is 1.77. The largest absolute Gasteiger partial charge is 0.496 e. The highest BCUT2D eigenvalue weighted by Gasteiger charge is 2.40. The van der Waals surface area contributed by atoms with Crippen LogP contribution in [0.3, 0.4) is 0 Å². The van der Waals surface area contributed by atoms with Crippen molar-refractivity contribution >= 4 is 5.78 Å². The van der Waals surface area contributed by atoms with Crippen LogP contribution < -0.4 is 14.2 Å². The van der Waals surface area contributed by atoms with E-state index in [2.05, 4.69) is 40.7 Å². The van der Waals surface area contributed by atoms with E-state index >= 15 is 0 Å². The van der Waals surface area contributed by atoms with Crippen molar-refractivity contribution in [3.05, 3.63) is 28.8 Å². The molecule has 4 heteroatoms. The van der Waals surface area contributed by atoms with Crippen LogP contribution in [0.4, 0.5) is 0 Å². The standard InChI is InChI=1S/C22H32O4/c1-13(2)17-20(25-7)15(12-16(24-6)21(17)26-8)19(23)18-14(3)10-9-11-22(18,4)5/h10,12-13,18H,9,11H2,1-8H3. The van der Waals surface area contributed by atoms with Gasteiger partial charge in [-0.3, -0.25) is 4.79 Å². The number of carbonyl (C=O) groups is 1. The van der Waals surface area contributed by atoms with Crippen LogP contribution in [0.2, 0.25) is 0 Å². The number of hydrogen-bond donors (Lipinski definition) is 0. The monoisotopic (exact) mass is 360 g/mol. The SMILES string of the molecule is COc1cc(C(=O)C2C(C)=CCCC2(C)C)c(OC)c(C(C)C)c1OC. The van der Waals surface area contributed by atoms with Crippen molar-refractivity contribution in [2.75, 3.05) is 21.3 Å². The molecule has 0 aliphatic heterocycles. The molecule has 1 aromatic rings. The molecule has 1 aromatic carbocycles. The third-order valence-electron chi connectivity index (χ3n) is 5.46. The molecule has 0 saturated carbocycles. The summed E-state index contributed by atoms with van der Waals surface area (Å²) in [5, 5.41) is 0. The van der Waals surface area contributed by atoms with Gasteiger partial charge in [0, 0.05) is 11.5 Å². The molecule has 1 aliphatic rings. The minimum Gasteiger partial charge on any atom is -0.496 e. The number of Topliss-reactive ketones (excluding diaryl/α,β-unsaturated/α-hetero) is 1. The average molecular weight is 360 g/mol. The van der Waals surface area contributed by atoms with Gasteiger partial charge in [-0.15, -0.1) is 0 Å². The molecule has 0 bridgehead atoms. The number of hydrogen-bond acceptors (Lipinski definition) is 4. The van der Waals surface area contributed by atoms with E-state index in [0.717, 1.165) is 24.0 Å². The summed E-state index contributed by atoms with van der Waals surface area (Å²) in [6.07, 6.45) is 4.20. The van der Waals surface area contributed by atoms with E-state index in [1.807, 2.05) is 0 Å². The van der Waals surface area contributed by atoms with Crippen LogP contribution in [0.15, 0.2) is 17.7 Å². The van der Waals surface area contributed by atoms with Crippen molar-refractivity contribution in [3.8, 4) is 17.2 Å². The number of methoxy groups -OCH3 is 3. The molecule has 0 fully saturated rings. The van der Waals surface area contributed by atoms with Crippen molar-refractivity contribution in [2.45, 2.75) is 53.4 Å². The number of ketones is 1. The Morgan fingerprint density at radius 2 is 1.73 bits per heavy atom. The molecule has 0 heterocycles. The van der Waals surface area contributed by atoms with Gasteiger partial charge in [0.1, 0.15) is 5.75 Å². The molecule has 1 unspecified atom stereocenters. The molecule has 0 amide bonds. The van der Waals surface area contributed by atoms with Gasteiger partial charge in [0.2, 0.25) is 0 Å². The first-order chi connectivity index (χ1) is 12.2. The highest BCUT2D eigenvalue weighted by molar-refractivity contribution is 6.03. The summed E-state index contributed by atoms with van der Waals surface area (Å²) >= 11 is 0. The van der Waals surface area contributed by atoms with Crippen LogP contribution in [0, 0.1) is 11.3 Å². The molecule has 1 atom stereocenters. The van der Waals surface area contributed by atoms with E-state index in [1.54, 1.807) is 27.4 Å². The minimum atomic E-state index is -0.164. The Morgan fingerprint density at radius 3 is 2.19 bits per heavy atom. The normalized spacial score (nSPS) is 19.1. The number of carbonyl (C=O) groups excluding carboxylic acids is 1. The van der Waals surface area contributed by atoms with E-state index in [0.29, 0.717) is 22.8 Å². The van der Waals surface area contributed by atoms with Gasteiger partial charge in [-0.05, 0) is 37.2 Å². The van der Waals surface area contributed by atoms with E-state index in [4.69, 9.17) is 14.2 Å². The lowest BCUT2D eigenvalue weighted by Crippen LogP contribution is -2.34. The molecule has 0 spiro atoms. The zero-order valence-corrected chi connectivity index (χ0v) is 17.4. The Morgan fingerprint density at radius 1 is 1.12 bits per heavy atom. The number of ether oxygens (including phenoxy) is 3. The van der Waals surface area contributed by atoms with Crippen LogP contribution in [0.5, 0.6) is 17.2 Å². The van der Waals surface area contributed by atoms with Crippen molar-refractivity contribution < 1.29 is 19.0 Å². The Balaban J connectivity index is 2.72. The summed E-state index contributed by atoms with van der Waals surface area (Å²) < 4.78 is 16.8. The summed E-state index contributed by atoms with van der Waals surface area (Å²) in [7, 11) is 4.82. The lowest BCUT2D eigenvalue weighted by Gasteiger charge is -2.37. The molecular weight excluding hydrogens is 328 g/mol. The number of rotatable bonds is 6. The molecule has 26 heavy (non-hydrogen) atoms. The summed E-state index contributed by atoms with van der Waals surface area (Å²) in [6.45, 7) is 10.5. The fourth-order valence-electron chi connectivity index (χ4n) is 4.20. The van der Waals surface area contributed by atoms with E-state index in [9.17, 15) is 4.79 Å². The maximum absolute atomic E-state index is 13.6. The lowest BCUT2D eigenvalue weighted by molar-refractivity contribution is 0.0816. The van der Waals surface area contributed by atoms with Gasteiger partial charge in [0.05, 0.1) is 26.9 Å². The van der Waals surface area contributed by atoms with E-state index in [-0.39, 0.29) is 23.0 Å². The summed E-state index contributed by atoms with van der Waals surface area (Å²) in [5.41, 5.74) is 2.48. The van der Waals surface area contributed by atoms with Gasteiger partial charge in [0.15, 0.2) is 17.3 Å². The summed E-state index contributed by atoms with van der Waals surface area (Å²) in [4.78, 5) is 13.6. The van der Waals surface area contributed by atoms with Gasteiger partial charge in [-0.25, -0.2) is 0 Å². The smallest absolute Gasteiger partial charge is 0.174 e. The molecule has 144 valence electrons. The van der Waals surface area contributed by atoms with Crippen molar-refractivity contribution in [1.29, 1.82) is 0 Å². The average Bonchev–Trinajstić information content (AvgIpc) is 2.58. The minimum absolute atomic E-state index is 0.0863. The Labute approximate surface area is 157 Å². The fraction of sp³-hybridized carbons (Fsp3) is 0.591. The van der Waals surface area contributed by atoms with Crippen molar-refractivity contribution in [3.63, 3.8) is 0 Å². The fourth-order valence-corrected chi connectivity index (χ4v) is 4.20. The Kier molecular flexibility index (Phi) is 6.05. The molecular formula is C22H32O4. The highest BCUT2D eigenvalue weighted by Crippen LogP contribution is 2.48. The molecule has 0 aromatic heterocycles. The molecule has 4 nitrogen and oxygen atoms in total. The van der Waals surface area contributed by atoms with Crippen molar-refractivity contribution in [1.82, 2.24) is 0 Å². The first-order valence-electron chi connectivity index (χ1n) is 9.23. The number of allylic oxidation sites excluding steroid dienone is 2. The Bertz CT molecular complexity index is 713. The van der Waals surface area contributed by atoms with Crippen LogP contribution in [-0.2, 0) is 0 Å².